The van der Waals surface area contributed by atoms with Gasteiger partial charge in [0.05, 0.1) is 5.69 Å². The Hall–Kier alpha value is -2.62. The molecule has 0 bridgehead atoms. The number of hydrogen-bond acceptors (Lipinski definition) is 2. The maximum absolute atomic E-state index is 6.21. The fourth-order valence-electron chi connectivity index (χ4n) is 3.13. The third-order valence-electron chi connectivity index (χ3n) is 4.74. The van der Waals surface area contributed by atoms with Crippen molar-refractivity contribution in [3.05, 3.63) is 105 Å². The fourth-order valence-corrected chi connectivity index (χ4v) is 3.69. The van der Waals surface area contributed by atoms with Crippen molar-refractivity contribution in [2.75, 3.05) is 0 Å². The molecule has 0 aliphatic carbocycles. The second kappa shape index (κ2) is 8.81. The number of benzene rings is 4. The normalized spacial score (nSPS) is 11.3. The van der Waals surface area contributed by atoms with Gasteiger partial charge in [0.2, 0.25) is 0 Å². The molecule has 0 aliphatic rings. The molecule has 0 N–H and O–H groups in total. The molecule has 0 heterocycles. The van der Waals surface area contributed by atoms with E-state index in [9.17, 15) is 0 Å². The van der Waals surface area contributed by atoms with E-state index < -0.39 is 0 Å². The first kappa shape index (κ1) is 19.7. The van der Waals surface area contributed by atoms with E-state index in [4.69, 9.17) is 16.3 Å². The van der Waals surface area contributed by atoms with Crippen LogP contribution in [0.2, 0.25) is 5.02 Å². The van der Waals surface area contributed by atoms with Crippen molar-refractivity contribution in [1.82, 2.24) is 0 Å². The van der Waals surface area contributed by atoms with Gasteiger partial charge in [0, 0.05) is 21.3 Å². The molecule has 0 amide bonds. The maximum atomic E-state index is 6.21. The summed E-state index contributed by atoms with van der Waals surface area (Å²) in [6, 6.07) is 26.3. The number of rotatable bonds is 5. The lowest BCUT2D eigenvalue weighted by Crippen LogP contribution is -1.99. The molecule has 144 valence electrons. The minimum Gasteiger partial charge on any atom is -0.488 e. The van der Waals surface area contributed by atoms with Crippen molar-refractivity contribution in [2.45, 2.75) is 13.5 Å². The Labute approximate surface area is 184 Å². The molecule has 0 unspecified atom stereocenters. The molecular weight excluding hydrogens is 446 g/mol. The van der Waals surface area contributed by atoms with Crippen LogP contribution in [0.1, 0.15) is 16.7 Å². The predicted octanol–water partition coefficient (Wildman–Crippen LogP) is 7.89. The molecule has 0 saturated heterocycles. The van der Waals surface area contributed by atoms with Crippen LogP contribution in [0.4, 0.5) is 5.69 Å². The zero-order valence-corrected chi connectivity index (χ0v) is 18.2. The van der Waals surface area contributed by atoms with Crippen LogP contribution in [-0.2, 0) is 6.61 Å². The van der Waals surface area contributed by atoms with E-state index in [-0.39, 0.29) is 0 Å². The van der Waals surface area contributed by atoms with Crippen LogP contribution in [0.3, 0.4) is 0 Å². The quantitative estimate of drug-likeness (QED) is 0.275. The number of aryl methyl sites for hydroxylation is 1. The van der Waals surface area contributed by atoms with Gasteiger partial charge in [0.25, 0.3) is 0 Å². The smallest absolute Gasteiger partial charge is 0.128 e. The summed E-state index contributed by atoms with van der Waals surface area (Å²) in [4.78, 5) is 4.57. The summed E-state index contributed by atoms with van der Waals surface area (Å²) in [5.41, 5.74) is 3.89. The second-order valence-electron chi connectivity index (χ2n) is 6.80. The summed E-state index contributed by atoms with van der Waals surface area (Å²) in [5, 5.41) is 3.13. The summed E-state index contributed by atoms with van der Waals surface area (Å²) in [7, 11) is 0. The van der Waals surface area contributed by atoms with Crippen molar-refractivity contribution in [3.8, 4) is 5.75 Å². The van der Waals surface area contributed by atoms with Gasteiger partial charge < -0.3 is 4.74 Å². The number of hydrogen-bond donors (Lipinski definition) is 0. The highest BCUT2D eigenvalue weighted by molar-refractivity contribution is 9.10. The maximum Gasteiger partial charge on any atom is 0.128 e. The lowest BCUT2D eigenvalue weighted by Gasteiger charge is -2.11. The average molecular weight is 465 g/mol. The molecule has 0 aliphatic heterocycles. The summed E-state index contributed by atoms with van der Waals surface area (Å²) < 4.78 is 7.15. The Morgan fingerprint density at radius 3 is 2.66 bits per heavy atom. The molecular formula is C25H19BrClNO. The molecule has 0 radical (unpaired) electrons. The molecule has 4 aromatic rings. The summed E-state index contributed by atoms with van der Waals surface area (Å²) in [5.74, 6) is 0.781. The number of halogens is 2. The topological polar surface area (TPSA) is 21.6 Å². The van der Waals surface area contributed by atoms with Gasteiger partial charge in [-0.15, -0.1) is 0 Å². The van der Waals surface area contributed by atoms with Gasteiger partial charge in [-0.3, -0.25) is 4.99 Å². The van der Waals surface area contributed by atoms with Crippen LogP contribution >= 0.6 is 27.5 Å². The van der Waals surface area contributed by atoms with Crippen molar-refractivity contribution < 1.29 is 4.74 Å². The lowest BCUT2D eigenvalue weighted by atomic mass is 10.1. The number of aliphatic imine (C=N–C) groups is 1. The Morgan fingerprint density at radius 2 is 1.79 bits per heavy atom. The van der Waals surface area contributed by atoms with Crippen LogP contribution in [0.15, 0.2) is 88.3 Å². The van der Waals surface area contributed by atoms with Crippen molar-refractivity contribution in [3.63, 3.8) is 0 Å². The van der Waals surface area contributed by atoms with Gasteiger partial charge in [-0.1, -0.05) is 76.1 Å². The third-order valence-corrected chi connectivity index (χ3v) is 5.64. The molecule has 4 rings (SSSR count). The largest absolute Gasteiger partial charge is 0.488 e. The molecule has 4 aromatic carbocycles. The van der Waals surface area contributed by atoms with Gasteiger partial charge in [0.15, 0.2) is 0 Å². The van der Waals surface area contributed by atoms with Crippen LogP contribution in [0.25, 0.3) is 10.8 Å². The number of ether oxygens (including phenoxy) is 1. The predicted molar refractivity (Wildman–Crippen MR) is 126 cm³/mol. The van der Waals surface area contributed by atoms with Crippen molar-refractivity contribution >= 4 is 50.2 Å². The average Bonchev–Trinajstić information content (AvgIpc) is 2.74. The standard InChI is InChI=1S/C25H19BrClNO/c1-17-9-11-22(14-24(17)27)28-15-20-13-21(26)10-12-25(20)29-16-19-7-4-6-18-5-2-3-8-23(18)19/h2-15H,16H2,1H3. The molecule has 4 heteroatoms. The Balaban J connectivity index is 1.59. The molecule has 0 spiro atoms. The molecule has 29 heavy (non-hydrogen) atoms. The van der Waals surface area contributed by atoms with E-state index in [0.29, 0.717) is 11.6 Å². The molecule has 0 fully saturated rings. The fraction of sp³-hybridized carbons (Fsp3) is 0.0800. The SMILES string of the molecule is Cc1ccc(N=Cc2cc(Br)ccc2OCc2cccc3ccccc23)cc1Cl. The third kappa shape index (κ3) is 4.69. The highest BCUT2D eigenvalue weighted by Crippen LogP contribution is 2.27. The lowest BCUT2D eigenvalue weighted by molar-refractivity contribution is 0.307. The van der Waals surface area contributed by atoms with Crippen molar-refractivity contribution in [2.24, 2.45) is 4.99 Å². The van der Waals surface area contributed by atoms with E-state index in [0.717, 1.165) is 32.6 Å². The Kier molecular flexibility index (Phi) is 5.98. The van der Waals surface area contributed by atoms with Gasteiger partial charge in [-0.05, 0) is 59.2 Å². The van der Waals surface area contributed by atoms with E-state index >= 15 is 0 Å². The molecule has 0 atom stereocenters. The zero-order chi connectivity index (χ0) is 20.2. The van der Waals surface area contributed by atoms with E-state index in [1.165, 1.54) is 10.8 Å². The second-order valence-corrected chi connectivity index (χ2v) is 8.12. The Bertz CT molecular complexity index is 1200. The highest BCUT2D eigenvalue weighted by Gasteiger charge is 2.06. The van der Waals surface area contributed by atoms with Gasteiger partial charge in [-0.25, -0.2) is 0 Å². The highest BCUT2D eigenvalue weighted by atomic mass is 79.9. The first-order valence-corrected chi connectivity index (χ1v) is 10.5. The minimum atomic E-state index is 0.486. The number of nitrogens with zero attached hydrogens (tertiary/aromatic N) is 1. The Morgan fingerprint density at radius 1 is 0.966 bits per heavy atom. The van der Waals surface area contributed by atoms with Gasteiger partial charge >= 0.3 is 0 Å². The van der Waals surface area contributed by atoms with Crippen LogP contribution in [-0.4, -0.2) is 6.21 Å². The van der Waals surface area contributed by atoms with E-state index in [1.54, 1.807) is 0 Å². The van der Waals surface area contributed by atoms with Crippen LogP contribution in [0.5, 0.6) is 5.75 Å². The summed E-state index contributed by atoms with van der Waals surface area (Å²) >= 11 is 9.75. The molecule has 0 aromatic heterocycles. The summed E-state index contributed by atoms with van der Waals surface area (Å²) in [6.45, 7) is 2.46. The van der Waals surface area contributed by atoms with E-state index in [1.807, 2.05) is 55.6 Å². The van der Waals surface area contributed by atoms with Gasteiger partial charge in [-0.2, -0.15) is 0 Å². The summed E-state index contributed by atoms with van der Waals surface area (Å²) in [6.07, 6.45) is 1.81. The van der Waals surface area contributed by atoms with Gasteiger partial charge in [0.1, 0.15) is 12.4 Å². The first-order chi connectivity index (χ1) is 14.1. The zero-order valence-electron chi connectivity index (χ0n) is 15.9. The molecule has 0 saturated carbocycles. The number of fused-ring (bicyclic) bond motifs is 1. The molecule has 2 nitrogen and oxygen atoms in total. The van der Waals surface area contributed by atoms with Crippen LogP contribution < -0.4 is 4.74 Å². The first-order valence-electron chi connectivity index (χ1n) is 9.29. The van der Waals surface area contributed by atoms with Crippen molar-refractivity contribution in [1.29, 1.82) is 0 Å². The minimum absolute atomic E-state index is 0.486. The van der Waals surface area contributed by atoms with Crippen LogP contribution in [0, 0.1) is 6.92 Å². The van der Waals surface area contributed by atoms with E-state index in [2.05, 4.69) is 57.3 Å². The monoisotopic (exact) mass is 463 g/mol.